The van der Waals surface area contributed by atoms with E-state index in [1.807, 2.05) is 26.0 Å². The van der Waals surface area contributed by atoms with E-state index in [4.69, 9.17) is 0 Å². The maximum absolute atomic E-state index is 12.1. The number of pyridine rings is 1. The summed E-state index contributed by atoms with van der Waals surface area (Å²) in [5.74, 6) is -0.0758. The Hall–Kier alpha value is -2.69. The molecule has 1 aromatic heterocycles. The lowest BCUT2D eigenvalue weighted by Gasteiger charge is -2.13. The monoisotopic (exact) mass is 295 g/mol. The molecule has 2 aromatic rings. The molecule has 5 nitrogen and oxygen atoms in total. The molecule has 1 aliphatic heterocycles. The fourth-order valence-corrected chi connectivity index (χ4v) is 2.73. The molecule has 1 unspecified atom stereocenters. The van der Waals surface area contributed by atoms with Crippen LogP contribution < -0.4 is 10.6 Å². The summed E-state index contributed by atoms with van der Waals surface area (Å²) in [5, 5.41) is 5.71. The predicted molar refractivity (Wildman–Crippen MR) is 84.8 cm³/mol. The van der Waals surface area contributed by atoms with Gasteiger partial charge in [0.1, 0.15) is 0 Å². The molecule has 0 saturated heterocycles. The van der Waals surface area contributed by atoms with Gasteiger partial charge in [0.25, 0.3) is 5.91 Å². The van der Waals surface area contributed by atoms with Gasteiger partial charge in [0.05, 0.1) is 5.92 Å². The van der Waals surface area contributed by atoms with Gasteiger partial charge in [-0.05, 0) is 35.7 Å². The molecule has 1 aliphatic rings. The predicted octanol–water partition coefficient (Wildman–Crippen LogP) is 3.03. The lowest BCUT2D eigenvalue weighted by atomic mass is 9.90. The van der Waals surface area contributed by atoms with Crippen molar-refractivity contribution in [2.24, 2.45) is 5.92 Å². The fourth-order valence-electron chi connectivity index (χ4n) is 2.73. The molecule has 5 heteroatoms. The minimum atomic E-state index is -0.202. The summed E-state index contributed by atoms with van der Waals surface area (Å²) in [5.41, 5.74) is 2.96. The second-order valence-corrected chi connectivity index (χ2v) is 5.70. The molecule has 0 radical (unpaired) electrons. The normalized spacial score (nSPS) is 16.3. The van der Waals surface area contributed by atoms with Crippen LogP contribution in [0.2, 0.25) is 0 Å². The van der Waals surface area contributed by atoms with E-state index in [0.717, 1.165) is 11.3 Å². The smallest absolute Gasteiger partial charge is 0.255 e. The van der Waals surface area contributed by atoms with Crippen molar-refractivity contribution in [3.8, 4) is 0 Å². The Morgan fingerprint density at radius 1 is 1.23 bits per heavy atom. The number of fused-ring (bicyclic) bond motifs is 1. The van der Waals surface area contributed by atoms with Crippen LogP contribution in [0.15, 0.2) is 42.7 Å². The number of nitrogens with zero attached hydrogens (tertiary/aromatic N) is 1. The molecular weight excluding hydrogens is 278 g/mol. The van der Waals surface area contributed by atoms with Crippen LogP contribution in [-0.4, -0.2) is 16.8 Å². The van der Waals surface area contributed by atoms with Gasteiger partial charge in [0.2, 0.25) is 5.91 Å². The summed E-state index contributed by atoms with van der Waals surface area (Å²) in [6, 6.07) is 8.83. The first kappa shape index (κ1) is 14.3. The van der Waals surface area contributed by atoms with Crippen molar-refractivity contribution >= 4 is 23.2 Å². The highest BCUT2D eigenvalue weighted by atomic mass is 16.2. The number of hydrogen-bond acceptors (Lipinski definition) is 3. The van der Waals surface area contributed by atoms with Crippen LogP contribution in [0.4, 0.5) is 11.4 Å². The first-order valence-corrected chi connectivity index (χ1v) is 7.22. The van der Waals surface area contributed by atoms with Crippen molar-refractivity contribution in [3.05, 3.63) is 53.9 Å². The quantitative estimate of drug-likeness (QED) is 0.914. The van der Waals surface area contributed by atoms with Gasteiger partial charge < -0.3 is 10.6 Å². The minimum absolute atomic E-state index is 0.0163. The topological polar surface area (TPSA) is 71.1 Å². The Kier molecular flexibility index (Phi) is 3.63. The molecule has 3 rings (SSSR count). The van der Waals surface area contributed by atoms with E-state index in [0.29, 0.717) is 11.3 Å². The van der Waals surface area contributed by atoms with Gasteiger partial charge in [-0.25, -0.2) is 0 Å². The van der Waals surface area contributed by atoms with Gasteiger partial charge >= 0.3 is 0 Å². The Labute approximate surface area is 128 Å². The maximum Gasteiger partial charge on any atom is 0.255 e. The van der Waals surface area contributed by atoms with Crippen molar-refractivity contribution < 1.29 is 9.59 Å². The number of anilines is 2. The second kappa shape index (κ2) is 5.60. The summed E-state index contributed by atoms with van der Waals surface area (Å²) in [6.45, 7) is 4.05. The number of carbonyl (C=O) groups is 2. The molecule has 2 N–H and O–H groups in total. The molecule has 1 aromatic carbocycles. The number of aromatic nitrogens is 1. The highest BCUT2D eigenvalue weighted by Gasteiger charge is 2.32. The van der Waals surface area contributed by atoms with Gasteiger partial charge in [-0.2, -0.15) is 0 Å². The van der Waals surface area contributed by atoms with Crippen LogP contribution in [0.1, 0.15) is 35.7 Å². The number of amides is 2. The van der Waals surface area contributed by atoms with Crippen molar-refractivity contribution in [1.82, 2.24) is 4.98 Å². The molecule has 1 atom stereocenters. The average Bonchev–Trinajstić information content (AvgIpc) is 2.83. The van der Waals surface area contributed by atoms with Crippen molar-refractivity contribution in [2.45, 2.75) is 19.8 Å². The summed E-state index contributed by atoms with van der Waals surface area (Å²) in [4.78, 5) is 28.0. The van der Waals surface area contributed by atoms with E-state index in [9.17, 15) is 9.59 Å². The van der Waals surface area contributed by atoms with Crippen LogP contribution in [0.3, 0.4) is 0 Å². The number of hydrogen-bond donors (Lipinski definition) is 2. The van der Waals surface area contributed by atoms with Gasteiger partial charge in [0, 0.05) is 29.3 Å². The number of rotatable bonds is 3. The van der Waals surface area contributed by atoms with Crippen LogP contribution in [0.25, 0.3) is 0 Å². The maximum atomic E-state index is 12.1. The molecule has 112 valence electrons. The number of benzene rings is 1. The zero-order valence-corrected chi connectivity index (χ0v) is 12.5. The van der Waals surface area contributed by atoms with Crippen molar-refractivity contribution in [3.63, 3.8) is 0 Å². The van der Waals surface area contributed by atoms with E-state index in [2.05, 4.69) is 15.6 Å². The summed E-state index contributed by atoms with van der Waals surface area (Å²) < 4.78 is 0. The van der Waals surface area contributed by atoms with E-state index < -0.39 is 0 Å². The van der Waals surface area contributed by atoms with E-state index in [1.165, 1.54) is 0 Å². The molecule has 0 fully saturated rings. The molecule has 0 aliphatic carbocycles. The fraction of sp³-hybridized carbons (Fsp3) is 0.235. The lowest BCUT2D eigenvalue weighted by molar-refractivity contribution is -0.117. The molecule has 0 bridgehead atoms. The van der Waals surface area contributed by atoms with Gasteiger partial charge in [-0.1, -0.05) is 19.9 Å². The van der Waals surface area contributed by atoms with E-state index >= 15 is 0 Å². The SMILES string of the molecule is CC(C)C1C(=O)Nc2cc(NC(=O)c3ccncc3)ccc21. The Balaban J connectivity index is 1.82. The van der Waals surface area contributed by atoms with Crippen LogP contribution in [-0.2, 0) is 4.79 Å². The van der Waals surface area contributed by atoms with E-state index in [-0.39, 0.29) is 23.7 Å². The highest BCUT2D eigenvalue weighted by molar-refractivity contribution is 6.06. The van der Waals surface area contributed by atoms with Crippen molar-refractivity contribution in [2.75, 3.05) is 10.6 Å². The first-order chi connectivity index (χ1) is 10.6. The number of nitrogens with one attached hydrogen (secondary N) is 2. The molecule has 22 heavy (non-hydrogen) atoms. The standard InChI is InChI=1S/C17H17N3O2/c1-10(2)15-13-4-3-12(9-14(13)20-17(15)22)19-16(21)11-5-7-18-8-6-11/h3-10,15H,1-2H3,(H,19,21)(H,20,22). The molecule has 2 heterocycles. The number of carbonyl (C=O) groups excluding carboxylic acids is 2. The summed E-state index contributed by atoms with van der Waals surface area (Å²) in [6.07, 6.45) is 3.15. The summed E-state index contributed by atoms with van der Waals surface area (Å²) in [7, 11) is 0. The van der Waals surface area contributed by atoms with Crippen LogP contribution >= 0.6 is 0 Å². The van der Waals surface area contributed by atoms with Crippen LogP contribution in [0, 0.1) is 5.92 Å². The van der Waals surface area contributed by atoms with Crippen LogP contribution in [0.5, 0.6) is 0 Å². The third-order valence-corrected chi connectivity index (χ3v) is 3.80. The highest BCUT2D eigenvalue weighted by Crippen LogP contribution is 2.38. The zero-order chi connectivity index (χ0) is 15.7. The Morgan fingerprint density at radius 3 is 2.64 bits per heavy atom. The minimum Gasteiger partial charge on any atom is -0.325 e. The van der Waals surface area contributed by atoms with Gasteiger partial charge in [-0.15, -0.1) is 0 Å². The zero-order valence-electron chi connectivity index (χ0n) is 12.5. The van der Waals surface area contributed by atoms with Crippen molar-refractivity contribution in [1.29, 1.82) is 0 Å². The second-order valence-electron chi connectivity index (χ2n) is 5.70. The Morgan fingerprint density at radius 2 is 1.95 bits per heavy atom. The largest absolute Gasteiger partial charge is 0.325 e. The molecule has 0 spiro atoms. The third-order valence-electron chi connectivity index (χ3n) is 3.80. The van der Waals surface area contributed by atoms with Gasteiger partial charge in [-0.3, -0.25) is 14.6 Å². The molecule has 2 amide bonds. The lowest BCUT2D eigenvalue weighted by Crippen LogP contribution is -2.16. The molecular formula is C17H17N3O2. The average molecular weight is 295 g/mol. The third kappa shape index (κ3) is 2.57. The van der Waals surface area contributed by atoms with Gasteiger partial charge in [0.15, 0.2) is 0 Å². The first-order valence-electron chi connectivity index (χ1n) is 7.22. The molecule has 0 saturated carbocycles. The Bertz CT molecular complexity index is 726. The summed E-state index contributed by atoms with van der Waals surface area (Å²) >= 11 is 0. The van der Waals surface area contributed by atoms with E-state index in [1.54, 1.807) is 30.6 Å².